The molecular weight excluding hydrogens is 322 g/mol. The van der Waals surface area contributed by atoms with Crippen LogP contribution < -0.4 is 20.9 Å². The Hall–Kier alpha value is -2.48. The average Bonchev–Trinajstić information content (AvgIpc) is 2.65. The molecule has 0 radical (unpaired) electrons. The second-order valence-electron chi connectivity index (χ2n) is 5.91. The van der Waals surface area contributed by atoms with Crippen LogP contribution in [0.2, 0.25) is 0 Å². The lowest BCUT2D eigenvalue weighted by molar-refractivity contribution is -0.128. The Balaban J connectivity index is 1.96. The molecule has 1 aromatic rings. The normalized spacial score (nSPS) is 15.3. The van der Waals surface area contributed by atoms with Crippen LogP contribution in [0.3, 0.4) is 0 Å². The van der Waals surface area contributed by atoms with Crippen molar-refractivity contribution in [2.75, 3.05) is 38.1 Å². The Morgan fingerprint density at radius 3 is 2.84 bits per heavy atom. The maximum atomic E-state index is 12.3. The number of carbonyl (C=O) groups is 3. The number of aromatic nitrogens is 1. The molecule has 0 aromatic carbocycles. The van der Waals surface area contributed by atoms with E-state index in [9.17, 15) is 14.4 Å². The van der Waals surface area contributed by atoms with Crippen LogP contribution in [0, 0.1) is 0 Å². The maximum absolute atomic E-state index is 12.3. The number of rotatable bonds is 8. The van der Waals surface area contributed by atoms with Crippen LogP contribution in [-0.4, -0.2) is 62.4 Å². The van der Waals surface area contributed by atoms with Gasteiger partial charge in [-0.25, -0.2) is 4.98 Å². The molecule has 2 heterocycles. The Kier molecular flexibility index (Phi) is 7.34. The summed E-state index contributed by atoms with van der Waals surface area (Å²) in [6.07, 6.45) is 3.11. The van der Waals surface area contributed by atoms with Crippen molar-refractivity contribution in [1.82, 2.24) is 20.9 Å². The first kappa shape index (κ1) is 18.9. The molecule has 2 rings (SSSR count). The van der Waals surface area contributed by atoms with Crippen LogP contribution in [-0.2, 0) is 20.8 Å². The molecule has 3 N–H and O–H groups in total. The summed E-state index contributed by atoms with van der Waals surface area (Å²) in [5.41, 5.74) is 0.840. The van der Waals surface area contributed by atoms with E-state index >= 15 is 0 Å². The van der Waals surface area contributed by atoms with Crippen LogP contribution >= 0.6 is 0 Å². The summed E-state index contributed by atoms with van der Waals surface area (Å²) in [6, 6.07) is 3.01. The maximum Gasteiger partial charge on any atom is 0.242 e. The molecule has 0 bridgehead atoms. The third-order valence-corrected chi connectivity index (χ3v) is 4.09. The fourth-order valence-corrected chi connectivity index (χ4v) is 2.75. The van der Waals surface area contributed by atoms with Crippen molar-refractivity contribution in [3.63, 3.8) is 0 Å². The van der Waals surface area contributed by atoms with E-state index < -0.39 is 6.04 Å². The number of nitrogens with one attached hydrogen (secondary N) is 3. The molecule has 0 spiro atoms. The number of carbonyl (C=O) groups excluding carboxylic acids is 3. The smallest absolute Gasteiger partial charge is 0.242 e. The molecule has 136 valence electrons. The van der Waals surface area contributed by atoms with Crippen molar-refractivity contribution in [3.05, 3.63) is 23.9 Å². The SMILES string of the molecule is CNC(=O)C(CCC=O)NC(=O)Cc1ccnc(N2CCNCC2)c1. The third kappa shape index (κ3) is 5.82. The zero-order chi connectivity index (χ0) is 18.1. The quantitative estimate of drug-likeness (QED) is 0.534. The minimum atomic E-state index is -0.697. The second-order valence-corrected chi connectivity index (χ2v) is 5.91. The van der Waals surface area contributed by atoms with Crippen LogP contribution in [0.4, 0.5) is 5.82 Å². The first-order valence-electron chi connectivity index (χ1n) is 8.49. The Labute approximate surface area is 147 Å². The summed E-state index contributed by atoms with van der Waals surface area (Å²) in [4.78, 5) is 41.1. The highest BCUT2D eigenvalue weighted by Crippen LogP contribution is 2.14. The number of hydrogen-bond donors (Lipinski definition) is 3. The van der Waals surface area contributed by atoms with Gasteiger partial charge in [0.15, 0.2) is 0 Å². The van der Waals surface area contributed by atoms with Crippen molar-refractivity contribution in [2.45, 2.75) is 25.3 Å². The van der Waals surface area contributed by atoms with Crippen molar-refractivity contribution in [2.24, 2.45) is 0 Å². The molecule has 1 aliphatic rings. The Morgan fingerprint density at radius 1 is 1.40 bits per heavy atom. The number of likely N-dealkylation sites (N-methyl/N-ethyl adjacent to an activating group) is 1. The summed E-state index contributed by atoms with van der Waals surface area (Å²) < 4.78 is 0. The van der Waals surface area contributed by atoms with Gasteiger partial charge in [0.25, 0.3) is 0 Å². The molecule has 1 unspecified atom stereocenters. The van der Waals surface area contributed by atoms with Crippen molar-refractivity contribution in [3.8, 4) is 0 Å². The van der Waals surface area contributed by atoms with Crippen molar-refractivity contribution in [1.29, 1.82) is 0 Å². The second kappa shape index (κ2) is 9.73. The Bertz CT molecular complexity index is 602. The lowest BCUT2D eigenvalue weighted by atomic mass is 10.1. The topological polar surface area (TPSA) is 103 Å². The van der Waals surface area contributed by atoms with Gasteiger partial charge in [0.1, 0.15) is 18.1 Å². The summed E-state index contributed by atoms with van der Waals surface area (Å²) in [5.74, 6) is 0.305. The predicted molar refractivity (Wildman–Crippen MR) is 94.3 cm³/mol. The van der Waals surface area contributed by atoms with E-state index in [1.807, 2.05) is 6.07 Å². The predicted octanol–water partition coefficient (Wildman–Crippen LogP) is -0.756. The highest BCUT2D eigenvalue weighted by atomic mass is 16.2. The highest BCUT2D eigenvalue weighted by molar-refractivity contribution is 5.88. The number of anilines is 1. The van der Waals surface area contributed by atoms with Crippen LogP contribution in [0.25, 0.3) is 0 Å². The number of piperazine rings is 1. The molecule has 0 aliphatic carbocycles. The van der Waals surface area contributed by atoms with E-state index in [0.717, 1.165) is 43.8 Å². The summed E-state index contributed by atoms with van der Waals surface area (Å²) >= 11 is 0. The zero-order valence-corrected chi connectivity index (χ0v) is 14.5. The first-order chi connectivity index (χ1) is 12.1. The summed E-state index contributed by atoms with van der Waals surface area (Å²) in [6.45, 7) is 3.59. The van der Waals surface area contributed by atoms with Crippen molar-refractivity contribution < 1.29 is 14.4 Å². The number of nitrogens with zero attached hydrogens (tertiary/aromatic N) is 2. The van der Waals surface area contributed by atoms with Crippen LogP contribution in [0.1, 0.15) is 18.4 Å². The van der Waals surface area contributed by atoms with Gasteiger partial charge >= 0.3 is 0 Å². The van der Waals surface area contributed by atoms with Crippen LogP contribution in [0.5, 0.6) is 0 Å². The molecule has 1 atom stereocenters. The first-order valence-corrected chi connectivity index (χ1v) is 8.49. The minimum Gasteiger partial charge on any atom is -0.357 e. The molecular formula is C17H25N5O3. The van der Waals surface area contributed by atoms with E-state index in [4.69, 9.17) is 0 Å². The van der Waals surface area contributed by atoms with E-state index in [1.165, 1.54) is 7.05 Å². The minimum absolute atomic E-state index is 0.163. The fraction of sp³-hybridized carbons (Fsp3) is 0.529. The molecule has 1 aliphatic heterocycles. The summed E-state index contributed by atoms with van der Waals surface area (Å²) in [5, 5.41) is 8.49. The summed E-state index contributed by atoms with van der Waals surface area (Å²) in [7, 11) is 1.50. The number of pyridine rings is 1. The van der Waals surface area contributed by atoms with Gasteiger partial charge in [-0.15, -0.1) is 0 Å². The van der Waals surface area contributed by atoms with E-state index in [0.29, 0.717) is 0 Å². The van der Waals surface area contributed by atoms with Gasteiger partial charge in [0.05, 0.1) is 6.42 Å². The highest BCUT2D eigenvalue weighted by Gasteiger charge is 2.19. The number of hydrogen-bond acceptors (Lipinski definition) is 6. The van der Waals surface area contributed by atoms with Gasteiger partial charge in [-0.1, -0.05) is 0 Å². The Morgan fingerprint density at radius 2 is 2.16 bits per heavy atom. The fourth-order valence-electron chi connectivity index (χ4n) is 2.75. The van der Waals surface area contributed by atoms with Crippen molar-refractivity contribution >= 4 is 23.9 Å². The molecule has 0 saturated carbocycles. The third-order valence-electron chi connectivity index (χ3n) is 4.09. The molecule has 25 heavy (non-hydrogen) atoms. The van der Waals surface area contributed by atoms with E-state index in [1.54, 1.807) is 12.3 Å². The van der Waals surface area contributed by atoms with E-state index in [-0.39, 0.29) is 31.1 Å². The van der Waals surface area contributed by atoms with Crippen LogP contribution in [0.15, 0.2) is 18.3 Å². The molecule has 1 fully saturated rings. The lowest BCUT2D eigenvalue weighted by Gasteiger charge is -2.28. The standard InChI is InChI=1S/C17H25N5O3/c1-18-17(25)14(3-2-10-23)21-16(24)12-13-4-5-20-15(11-13)22-8-6-19-7-9-22/h4-5,10-11,14,19H,2-3,6-9,12H2,1H3,(H,18,25)(H,21,24). The molecule has 8 nitrogen and oxygen atoms in total. The van der Waals surface area contributed by atoms with Gasteiger partial charge in [0, 0.05) is 45.8 Å². The molecule has 1 saturated heterocycles. The average molecular weight is 347 g/mol. The number of amides is 2. The van der Waals surface area contributed by atoms with E-state index in [2.05, 4.69) is 25.8 Å². The van der Waals surface area contributed by atoms with Gasteiger partial charge in [-0.05, 0) is 24.1 Å². The molecule has 2 amide bonds. The zero-order valence-electron chi connectivity index (χ0n) is 14.5. The van der Waals surface area contributed by atoms with Gasteiger partial charge in [-0.2, -0.15) is 0 Å². The van der Waals surface area contributed by atoms with Gasteiger partial charge < -0.3 is 25.6 Å². The number of aldehydes is 1. The lowest BCUT2D eigenvalue weighted by Crippen LogP contribution is -2.46. The monoisotopic (exact) mass is 347 g/mol. The molecule has 1 aromatic heterocycles. The largest absolute Gasteiger partial charge is 0.357 e. The molecule has 8 heteroatoms. The van der Waals surface area contributed by atoms with Gasteiger partial charge in [0.2, 0.25) is 11.8 Å². The van der Waals surface area contributed by atoms with Gasteiger partial charge in [-0.3, -0.25) is 9.59 Å².